The number of hydrogen-bond donors (Lipinski definition) is 1. The van der Waals surface area contributed by atoms with Gasteiger partial charge >= 0.3 is 0 Å². The van der Waals surface area contributed by atoms with E-state index in [1.165, 1.54) is 5.56 Å². The molecule has 2 aromatic rings. The minimum absolute atomic E-state index is 0.0354. The third-order valence-electron chi connectivity index (χ3n) is 2.86. The zero-order valence-electron chi connectivity index (χ0n) is 12.6. The molecule has 0 saturated heterocycles. The first-order valence-electron chi connectivity index (χ1n) is 7.11. The predicted molar refractivity (Wildman–Crippen MR) is 94.7 cm³/mol. The van der Waals surface area contributed by atoms with Gasteiger partial charge in [-0.25, -0.2) is 4.98 Å². The minimum Gasteiger partial charge on any atom is -0.356 e. The molecule has 0 saturated carbocycles. The van der Waals surface area contributed by atoms with Gasteiger partial charge in [0.25, 0.3) is 0 Å². The molecule has 3 nitrogen and oxygen atoms in total. The van der Waals surface area contributed by atoms with E-state index in [-0.39, 0.29) is 5.91 Å². The van der Waals surface area contributed by atoms with Crippen LogP contribution in [-0.2, 0) is 17.0 Å². The number of carbonyl (C=O) groups is 1. The van der Waals surface area contributed by atoms with Crippen LogP contribution in [-0.4, -0.2) is 17.4 Å². The normalized spacial score (nSPS) is 10.9. The van der Waals surface area contributed by atoms with Gasteiger partial charge < -0.3 is 5.32 Å². The van der Waals surface area contributed by atoms with Crippen LogP contribution in [0.4, 0.5) is 0 Å². The second-order valence-corrected chi connectivity index (χ2v) is 7.91. The van der Waals surface area contributed by atoms with Gasteiger partial charge in [0.15, 0.2) is 0 Å². The van der Waals surface area contributed by atoms with Crippen molar-refractivity contribution in [2.24, 2.45) is 5.92 Å². The van der Waals surface area contributed by atoms with E-state index in [1.807, 2.05) is 29.6 Å². The van der Waals surface area contributed by atoms with Crippen molar-refractivity contribution in [1.29, 1.82) is 0 Å². The molecule has 0 aliphatic heterocycles. The third kappa shape index (κ3) is 5.99. The molecule has 22 heavy (non-hydrogen) atoms. The van der Waals surface area contributed by atoms with Crippen molar-refractivity contribution < 1.29 is 4.79 Å². The zero-order chi connectivity index (χ0) is 15.9. The summed E-state index contributed by atoms with van der Waals surface area (Å²) in [5.74, 6) is 1.35. The van der Waals surface area contributed by atoms with Crippen molar-refractivity contribution in [2.45, 2.75) is 30.4 Å². The highest BCUT2D eigenvalue weighted by Gasteiger charge is 2.08. The average Bonchev–Trinajstić information content (AvgIpc) is 2.92. The highest BCUT2D eigenvalue weighted by Crippen LogP contribution is 2.26. The van der Waals surface area contributed by atoms with E-state index in [4.69, 9.17) is 11.6 Å². The van der Waals surface area contributed by atoms with Crippen LogP contribution in [0.15, 0.2) is 34.0 Å². The van der Waals surface area contributed by atoms with Gasteiger partial charge in [0, 0.05) is 22.7 Å². The smallest absolute Gasteiger partial charge is 0.226 e. The summed E-state index contributed by atoms with van der Waals surface area (Å²) in [6.45, 7) is 4.87. The number of thioether (sulfide) groups is 1. The van der Waals surface area contributed by atoms with E-state index in [2.05, 4.69) is 24.1 Å². The second-order valence-electron chi connectivity index (χ2n) is 5.39. The van der Waals surface area contributed by atoms with E-state index in [1.54, 1.807) is 23.1 Å². The summed E-state index contributed by atoms with van der Waals surface area (Å²) < 4.78 is 0.988. The molecule has 6 heteroatoms. The maximum absolute atomic E-state index is 11.8. The molecule has 0 aliphatic rings. The molecule has 1 amide bonds. The fraction of sp³-hybridized carbons (Fsp3) is 0.375. The molecule has 1 N–H and O–H groups in total. The zero-order valence-corrected chi connectivity index (χ0v) is 15.0. The van der Waals surface area contributed by atoms with Crippen LogP contribution < -0.4 is 5.32 Å². The highest BCUT2D eigenvalue weighted by atomic mass is 35.5. The molecule has 0 aliphatic carbocycles. The molecule has 0 bridgehead atoms. The molecule has 2 rings (SSSR count). The lowest BCUT2D eigenvalue weighted by atomic mass is 10.2. The Morgan fingerprint density at radius 1 is 1.36 bits per heavy atom. The Balaban J connectivity index is 1.81. The van der Waals surface area contributed by atoms with Crippen LogP contribution in [0.25, 0.3) is 0 Å². The summed E-state index contributed by atoms with van der Waals surface area (Å²) in [7, 11) is 0. The van der Waals surface area contributed by atoms with Gasteiger partial charge in [-0.1, -0.05) is 49.3 Å². The maximum atomic E-state index is 11.8. The fourth-order valence-electron chi connectivity index (χ4n) is 1.71. The number of thiazole rings is 1. The number of hydrogen-bond acceptors (Lipinski definition) is 4. The lowest BCUT2D eigenvalue weighted by Crippen LogP contribution is -2.28. The van der Waals surface area contributed by atoms with Gasteiger partial charge in [0.2, 0.25) is 5.91 Å². The molecule has 0 atom stereocenters. The van der Waals surface area contributed by atoms with E-state index in [9.17, 15) is 4.79 Å². The SMILES string of the molecule is CC(C)CNC(=O)Cc1csc(SCc2ccc(Cl)cc2)n1. The van der Waals surface area contributed by atoms with Crippen molar-refractivity contribution in [3.63, 3.8) is 0 Å². The first-order chi connectivity index (χ1) is 10.5. The molecule has 0 unspecified atom stereocenters. The van der Waals surface area contributed by atoms with Crippen LogP contribution in [0.2, 0.25) is 5.02 Å². The largest absolute Gasteiger partial charge is 0.356 e. The van der Waals surface area contributed by atoms with E-state index < -0.39 is 0 Å². The fourth-order valence-corrected chi connectivity index (χ4v) is 3.63. The minimum atomic E-state index is 0.0354. The van der Waals surface area contributed by atoms with Gasteiger partial charge in [-0.05, 0) is 23.6 Å². The Bertz CT molecular complexity index is 611. The molecular weight excluding hydrogens is 336 g/mol. The quantitative estimate of drug-likeness (QED) is 0.749. The molecule has 118 valence electrons. The summed E-state index contributed by atoms with van der Waals surface area (Å²) in [5.41, 5.74) is 2.05. The number of amides is 1. The number of rotatable bonds is 7. The molecule has 0 radical (unpaired) electrons. The Labute approximate surface area is 144 Å². The van der Waals surface area contributed by atoms with Crippen molar-refractivity contribution in [3.05, 3.63) is 45.9 Å². The Morgan fingerprint density at radius 3 is 2.77 bits per heavy atom. The van der Waals surface area contributed by atoms with Gasteiger partial charge in [-0.3, -0.25) is 4.79 Å². The summed E-state index contributed by atoms with van der Waals surface area (Å²) >= 11 is 9.13. The Kier molecular flexibility index (Phi) is 6.73. The van der Waals surface area contributed by atoms with Crippen LogP contribution in [0, 0.1) is 5.92 Å². The maximum Gasteiger partial charge on any atom is 0.226 e. The van der Waals surface area contributed by atoms with Gasteiger partial charge in [-0.2, -0.15) is 0 Å². The van der Waals surface area contributed by atoms with Crippen LogP contribution in [0.3, 0.4) is 0 Å². The van der Waals surface area contributed by atoms with E-state index in [0.29, 0.717) is 18.9 Å². The van der Waals surface area contributed by atoms with Crippen molar-refractivity contribution in [1.82, 2.24) is 10.3 Å². The van der Waals surface area contributed by atoms with Crippen LogP contribution in [0.1, 0.15) is 25.1 Å². The van der Waals surface area contributed by atoms with Crippen LogP contribution in [0.5, 0.6) is 0 Å². The molecular formula is C16H19ClN2OS2. The summed E-state index contributed by atoms with van der Waals surface area (Å²) in [6, 6.07) is 7.82. The van der Waals surface area contributed by atoms with Crippen molar-refractivity contribution in [2.75, 3.05) is 6.54 Å². The molecule has 1 aromatic heterocycles. The topological polar surface area (TPSA) is 42.0 Å². The first kappa shape index (κ1) is 17.3. The third-order valence-corrected chi connectivity index (χ3v) is 5.25. The molecule has 1 heterocycles. The van der Waals surface area contributed by atoms with Crippen LogP contribution >= 0.6 is 34.7 Å². The molecule has 1 aromatic carbocycles. The molecule has 0 spiro atoms. The number of nitrogens with zero attached hydrogens (tertiary/aromatic N) is 1. The predicted octanol–water partition coefficient (Wildman–Crippen LogP) is 4.40. The second kappa shape index (κ2) is 8.56. The Hall–Kier alpha value is -1.04. The number of carbonyl (C=O) groups excluding carboxylic acids is 1. The highest BCUT2D eigenvalue weighted by molar-refractivity contribution is 8.00. The number of aromatic nitrogens is 1. The Morgan fingerprint density at radius 2 is 2.09 bits per heavy atom. The lowest BCUT2D eigenvalue weighted by molar-refractivity contribution is -0.120. The first-order valence-corrected chi connectivity index (χ1v) is 9.35. The van der Waals surface area contributed by atoms with Gasteiger partial charge in [0.1, 0.15) is 4.34 Å². The number of nitrogens with one attached hydrogen (secondary N) is 1. The molecule has 0 fully saturated rings. The monoisotopic (exact) mass is 354 g/mol. The summed E-state index contributed by atoms with van der Waals surface area (Å²) in [6.07, 6.45) is 0.352. The van der Waals surface area contributed by atoms with Crippen molar-refractivity contribution in [3.8, 4) is 0 Å². The van der Waals surface area contributed by atoms with E-state index in [0.717, 1.165) is 20.8 Å². The van der Waals surface area contributed by atoms with E-state index >= 15 is 0 Å². The van der Waals surface area contributed by atoms with Gasteiger partial charge in [-0.15, -0.1) is 11.3 Å². The standard InChI is InChI=1S/C16H19ClN2OS2/c1-11(2)8-18-15(20)7-14-10-22-16(19-14)21-9-12-3-5-13(17)6-4-12/h3-6,10-11H,7-9H2,1-2H3,(H,18,20). The number of halogens is 1. The lowest BCUT2D eigenvalue weighted by Gasteiger charge is -2.06. The van der Waals surface area contributed by atoms with Gasteiger partial charge in [0.05, 0.1) is 12.1 Å². The average molecular weight is 355 g/mol. The van der Waals surface area contributed by atoms with Crippen molar-refractivity contribution >= 4 is 40.6 Å². The summed E-state index contributed by atoms with van der Waals surface area (Å²) in [4.78, 5) is 16.3. The number of benzene rings is 1. The summed E-state index contributed by atoms with van der Waals surface area (Å²) in [5, 5.41) is 5.61.